The predicted octanol–water partition coefficient (Wildman–Crippen LogP) is 2.87. The Kier molecular flexibility index (Phi) is 5.02. The number of carbonyl (C=O) groups excluding carboxylic acids is 1. The van der Waals surface area contributed by atoms with Gasteiger partial charge in [-0.1, -0.05) is 12.1 Å². The Bertz CT molecular complexity index is 821. The topological polar surface area (TPSA) is 48.7 Å². The lowest BCUT2D eigenvalue weighted by Crippen LogP contribution is -2.60. The van der Waals surface area contributed by atoms with E-state index in [1.807, 2.05) is 18.2 Å². The van der Waals surface area contributed by atoms with Gasteiger partial charge in [-0.3, -0.25) is 14.6 Å². The third kappa shape index (κ3) is 3.77. The number of carbonyl (C=O) groups is 1. The lowest BCUT2D eigenvalue weighted by Gasteiger charge is -2.49. The molecule has 0 saturated carbocycles. The number of likely N-dealkylation sites (N-methyl/N-ethyl adjacent to an activating group) is 1. The number of amides is 1. The van der Waals surface area contributed by atoms with Crippen LogP contribution in [0, 0.1) is 5.82 Å². The normalized spacial score (nSPS) is 24.7. The molecule has 2 fully saturated rings. The Labute approximate surface area is 159 Å². The number of nitrogens with one attached hydrogen (secondary N) is 1. The molecule has 1 aromatic heterocycles. The number of nitrogens with zero attached hydrogens (tertiary/aromatic N) is 2. The van der Waals surface area contributed by atoms with Crippen molar-refractivity contribution >= 4 is 5.91 Å². The van der Waals surface area contributed by atoms with Crippen molar-refractivity contribution in [3.63, 3.8) is 0 Å². The van der Waals surface area contributed by atoms with Crippen LogP contribution in [-0.2, 0) is 11.3 Å². The van der Waals surface area contributed by atoms with Crippen molar-refractivity contribution in [3.05, 3.63) is 48.0 Å². The van der Waals surface area contributed by atoms with Crippen LogP contribution >= 0.6 is 0 Å². The number of hydrogen-bond acceptors (Lipinski definition) is 4. The van der Waals surface area contributed by atoms with E-state index in [4.69, 9.17) is 4.42 Å². The van der Waals surface area contributed by atoms with Crippen molar-refractivity contribution in [2.45, 2.75) is 31.3 Å². The van der Waals surface area contributed by atoms with Crippen LogP contribution in [0.1, 0.15) is 25.0 Å². The monoisotopic (exact) mass is 371 g/mol. The standard InChI is InChI=1S/C21H26FN3O2/c1-24-12-13-25(15-21(24)9-8-20(26)23-11-10-21)14-16-6-7-19(27-16)17-4-2-3-5-18(17)22/h2-7H,8-15H2,1H3,(H,23,26)/t21-/m0/s1. The average Bonchev–Trinajstić information content (AvgIpc) is 3.03. The van der Waals surface area contributed by atoms with Gasteiger partial charge >= 0.3 is 0 Å². The molecular weight excluding hydrogens is 345 g/mol. The summed E-state index contributed by atoms with van der Waals surface area (Å²) in [6, 6.07) is 10.4. The Hall–Kier alpha value is -2.18. The van der Waals surface area contributed by atoms with Gasteiger partial charge in [0.05, 0.1) is 12.1 Å². The summed E-state index contributed by atoms with van der Waals surface area (Å²) >= 11 is 0. The molecule has 6 heteroatoms. The van der Waals surface area contributed by atoms with Gasteiger partial charge in [-0.05, 0) is 44.2 Å². The molecule has 0 unspecified atom stereocenters. The summed E-state index contributed by atoms with van der Waals surface area (Å²) in [6.07, 6.45) is 2.42. The number of rotatable bonds is 3. The van der Waals surface area contributed by atoms with Crippen molar-refractivity contribution in [1.82, 2.24) is 15.1 Å². The zero-order valence-corrected chi connectivity index (χ0v) is 15.7. The molecule has 3 heterocycles. The van der Waals surface area contributed by atoms with Gasteiger partial charge in [-0.25, -0.2) is 4.39 Å². The minimum absolute atomic E-state index is 0.0262. The number of halogens is 1. The van der Waals surface area contributed by atoms with Gasteiger partial charge in [0.1, 0.15) is 17.3 Å². The van der Waals surface area contributed by atoms with E-state index in [1.165, 1.54) is 6.07 Å². The highest BCUT2D eigenvalue weighted by molar-refractivity contribution is 5.76. The molecule has 0 aliphatic carbocycles. The highest BCUT2D eigenvalue weighted by Crippen LogP contribution is 2.32. The highest BCUT2D eigenvalue weighted by atomic mass is 19.1. The van der Waals surface area contributed by atoms with Crippen LogP contribution in [0.3, 0.4) is 0 Å². The van der Waals surface area contributed by atoms with Crippen LogP contribution < -0.4 is 5.32 Å². The first-order valence-electron chi connectivity index (χ1n) is 9.60. The summed E-state index contributed by atoms with van der Waals surface area (Å²) in [5, 5.41) is 2.99. The lowest BCUT2D eigenvalue weighted by molar-refractivity contribution is -0.121. The minimum atomic E-state index is -0.271. The second kappa shape index (κ2) is 7.44. The van der Waals surface area contributed by atoms with Crippen molar-refractivity contribution < 1.29 is 13.6 Å². The van der Waals surface area contributed by atoms with Crippen molar-refractivity contribution in [1.29, 1.82) is 0 Å². The van der Waals surface area contributed by atoms with E-state index >= 15 is 0 Å². The quantitative estimate of drug-likeness (QED) is 0.901. The van der Waals surface area contributed by atoms with Gasteiger partial charge in [0, 0.05) is 38.1 Å². The molecule has 0 radical (unpaired) electrons. The van der Waals surface area contributed by atoms with Gasteiger partial charge in [0.2, 0.25) is 5.91 Å². The lowest BCUT2D eigenvalue weighted by atomic mass is 9.86. The number of benzene rings is 1. The van der Waals surface area contributed by atoms with Gasteiger partial charge in [-0.2, -0.15) is 0 Å². The maximum Gasteiger partial charge on any atom is 0.220 e. The van der Waals surface area contributed by atoms with E-state index < -0.39 is 0 Å². The summed E-state index contributed by atoms with van der Waals surface area (Å²) in [7, 11) is 2.16. The van der Waals surface area contributed by atoms with Gasteiger partial charge in [0.15, 0.2) is 0 Å². The fraction of sp³-hybridized carbons (Fsp3) is 0.476. The maximum atomic E-state index is 14.0. The van der Waals surface area contributed by atoms with Gasteiger partial charge < -0.3 is 9.73 Å². The minimum Gasteiger partial charge on any atom is -0.460 e. The summed E-state index contributed by atoms with van der Waals surface area (Å²) in [5.41, 5.74) is 0.519. The van der Waals surface area contributed by atoms with E-state index in [1.54, 1.807) is 12.1 Å². The molecule has 5 nitrogen and oxygen atoms in total. The molecule has 2 aliphatic rings. The second-order valence-electron chi connectivity index (χ2n) is 7.70. The molecule has 1 amide bonds. The first kappa shape index (κ1) is 18.2. The summed E-state index contributed by atoms with van der Waals surface area (Å²) in [5.74, 6) is 1.29. The Balaban J connectivity index is 1.47. The number of furan rings is 1. The first-order chi connectivity index (χ1) is 13.1. The Morgan fingerprint density at radius 1 is 1.19 bits per heavy atom. The van der Waals surface area contributed by atoms with Crippen LogP contribution in [0.2, 0.25) is 0 Å². The molecule has 2 saturated heterocycles. The first-order valence-corrected chi connectivity index (χ1v) is 9.60. The molecule has 1 aromatic carbocycles. The molecular formula is C21H26FN3O2. The third-order valence-electron chi connectivity index (χ3n) is 5.99. The maximum absolute atomic E-state index is 14.0. The van der Waals surface area contributed by atoms with Crippen LogP contribution in [0.25, 0.3) is 11.3 Å². The SMILES string of the molecule is CN1CCN(Cc2ccc(-c3ccccc3F)o2)C[C@]12CCNC(=O)CC2. The summed E-state index contributed by atoms with van der Waals surface area (Å²) in [6.45, 7) is 4.26. The van der Waals surface area contributed by atoms with Crippen LogP contribution in [0.15, 0.2) is 40.8 Å². The fourth-order valence-corrected chi connectivity index (χ4v) is 4.30. The summed E-state index contributed by atoms with van der Waals surface area (Å²) in [4.78, 5) is 16.6. The second-order valence-corrected chi connectivity index (χ2v) is 7.70. The smallest absolute Gasteiger partial charge is 0.220 e. The number of hydrogen-bond donors (Lipinski definition) is 1. The van der Waals surface area contributed by atoms with E-state index in [-0.39, 0.29) is 17.3 Å². The fourth-order valence-electron chi connectivity index (χ4n) is 4.30. The molecule has 2 aliphatic heterocycles. The van der Waals surface area contributed by atoms with Crippen LogP contribution in [0.5, 0.6) is 0 Å². The van der Waals surface area contributed by atoms with Crippen LogP contribution in [-0.4, -0.2) is 54.5 Å². The average molecular weight is 371 g/mol. The van der Waals surface area contributed by atoms with E-state index in [0.29, 0.717) is 24.3 Å². The zero-order valence-electron chi connectivity index (χ0n) is 15.7. The molecule has 1 N–H and O–H groups in total. The van der Waals surface area contributed by atoms with Crippen molar-refractivity contribution in [3.8, 4) is 11.3 Å². The molecule has 1 atom stereocenters. The van der Waals surface area contributed by atoms with Crippen molar-refractivity contribution in [2.75, 3.05) is 33.2 Å². The summed E-state index contributed by atoms with van der Waals surface area (Å²) < 4.78 is 19.9. The Morgan fingerprint density at radius 3 is 2.89 bits per heavy atom. The molecule has 0 bridgehead atoms. The van der Waals surface area contributed by atoms with Crippen LogP contribution in [0.4, 0.5) is 4.39 Å². The molecule has 2 aromatic rings. The predicted molar refractivity (Wildman–Crippen MR) is 102 cm³/mol. The van der Waals surface area contributed by atoms with Crippen molar-refractivity contribution in [2.24, 2.45) is 0 Å². The molecule has 4 rings (SSSR count). The third-order valence-corrected chi connectivity index (χ3v) is 5.99. The van der Waals surface area contributed by atoms with E-state index in [0.717, 1.165) is 44.8 Å². The molecule has 144 valence electrons. The zero-order chi connectivity index (χ0) is 18.9. The van der Waals surface area contributed by atoms with E-state index in [2.05, 4.69) is 22.2 Å². The largest absolute Gasteiger partial charge is 0.460 e. The molecule has 27 heavy (non-hydrogen) atoms. The Morgan fingerprint density at radius 2 is 2.04 bits per heavy atom. The van der Waals surface area contributed by atoms with E-state index in [9.17, 15) is 9.18 Å². The number of piperazine rings is 1. The van der Waals surface area contributed by atoms with Gasteiger partial charge in [-0.15, -0.1) is 0 Å². The molecule has 1 spiro atoms. The highest BCUT2D eigenvalue weighted by Gasteiger charge is 2.40. The van der Waals surface area contributed by atoms with Gasteiger partial charge in [0.25, 0.3) is 0 Å².